The minimum absolute atomic E-state index is 0.804. The van der Waals surface area contributed by atoms with Crippen LogP contribution in [0.3, 0.4) is 0 Å². The molecule has 3 aromatic carbocycles. The van der Waals surface area contributed by atoms with Crippen LogP contribution in [-0.2, 0) is 4.57 Å². The van der Waals surface area contributed by atoms with Crippen molar-refractivity contribution in [2.75, 3.05) is 12.4 Å². The van der Waals surface area contributed by atoms with E-state index in [4.69, 9.17) is 4.74 Å². The first-order chi connectivity index (χ1) is 13.1. The summed E-state index contributed by atoms with van der Waals surface area (Å²) in [6.07, 6.45) is 0. The molecule has 0 aliphatic heterocycles. The lowest BCUT2D eigenvalue weighted by molar-refractivity contribution is 0.415. The number of anilines is 1. The maximum absolute atomic E-state index is 14.3. The first-order valence-corrected chi connectivity index (χ1v) is 10.6. The molecule has 0 radical (unpaired) electrons. The van der Waals surface area contributed by atoms with Crippen LogP contribution in [0, 0.1) is 0 Å². The van der Waals surface area contributed by atoms with Crippen molar-refractivity contribution in [3.05, 3.63) is 95.9 Å². The Morgan fingerprint density at radius 2 is 1.26 bits per heavy atom. The lowest BCUT2D eigenvalue weighted by Gasteiger charge is -2.23. The lowest BCUT2D eigenvalue weighted by Crippen LogP contribution is -2.18. The topological polar surface area (TPSA) is 38.3 Å². The monoisotopic (exact) mass is 377 g/mol. The molecule has 27 heavy (non-hydrogen) atoms. The van der Waals surface area contributed by atoms with Crippen molar-refractivity contribution >= 4 is 23.4 Å². The van der Waals surface area contributed by atoms with Crippen LogP contribution >= 0.6 is 7.14 Å². The molecule has 0 atom stereocenters. The zero-order valence-electron chi connectivity index (χ0n) is 15.8. The number of hydrogen-bond donors (Lipinski definition) is 1. The first-order valence-electron chi connectivity index (χ1n) is 8.86. The Hall–Kier alpha value is -2.77. The molecule has 0 aliphatic carbocycles. The third kappa shape index (κ3) is 3.99. The van der Waals surface area contributed by atoms with Crippen LogP contribution in [0.25, 0.3) is 0 Å². The highest BCUT2D eigenvalue weighted by atomic mass is 31.2. The normalized spacial score (nSPS) is 12.3. The number of benzene rings is 3. The molecule has 3 aromatic rings. The van der Waals surface area contributed by atoms with Crippen molar-refractivity contribution in [1.82, 2.24) is 0 Å². The Kier molecular flexibility index (Phi) is 5.83. The fraction of sp³-hybridized carbons (Fsp3) is 0.130. The Balaban J connectivity index is 2.05. The van der Waals surface area contributed by atoms with E-state index in [1.165, 1.54) is 0 Å². The van der Waals surface area contributed by atoms with E-state index in [1.807, 2.05) is 98.8 Å². The predicted molar refractivity (Wildman–Crippen MR) is 115 cm³/mol. The van der Waals surface area contributed by atoms with Crippen molar-refractivity contribution in [3.8, 4) is 5.75 Å². The third-order valence-corrected chi connectivity index (χ3v) is 8.01. The van der Waals surface area contributed by atoms with Crippen molar-refractivity contribution in [2.45, 2.75) is 13.8 Å². The molecular formula is C23H24NO2P. The van der Waals surface area contributed by atoms with E-state index in [-0.39, 0.29) is 0 Å². The highest BCUT2D eigenvalue weighted by molar-refractivity contribution is 7.82. The standard InChI is InChI=1S/C23H24NO2P/c1-18(24-20-14-16-21(26-3)17-15-20)19(2)27(25,22-10-6-4-7-11-22)23-12-8-5-9-13-23/h4-17,24H,1-3H3/b19-18+. The molecule has 3 rings (SSSR count). The number of nitrogens with one attached hydrogen (secondary N) is 1. The van der Waals surface area contributed by atoms with Gasteiger partial charge in [0.25, 0.3) is 0 Å². The van der Waals surface area contributed by atoms with Crippen LogP contribution < -0.4 is 20.7 Å². The van der Waals surface area contributed by atoms with Crippen LogP contribution in [0.5, 0.6) is 5.75 Å². The zero-order chi connectivity index (χ0) is 19.3. The Bertz CT molecular complexity index is 921. The van der Waals surface area contributed by atoms with Crippen LogP contribution in [-0.4, -0.2) is 7.11 Å². The molecule has 0 saturated carbocycles. The van der Waals surface area contributed by atoms with Gasteiger partial charge in [-0.05, 0) is 38.1 Å². The van der Waals surface area contributed by atoms with Crippen LogP contribution in [0.4, 0.5) is 5.69 Å². The number of ether oxygens (including phenoxy) is 1. The smallest absolute Gasteiger partial charge is 0.168 e. The predicted octanol–water partition coefficient (Wildman–Crippen LogP) is 5.37. The van der Waals surface area contributed by atoms with E-state index in [0.717, 1.165) is 33.1 Å². The van der Waals surface area contributed by atoms with Gasteiger partial charge >= 0.3 is 0 Å². The molecule has 0 aliphatic rings. The highest BCUT2D eigenvalue weighted by Gasteiger charge is 2.30. The number of rotatable bonds is 6. The summed E-state index contributed by atoms with van der Waals surface area (Å²) < 4.78 is 19.5. The number of allylic oxidation sites excluding steroid dienone is 2. The van der Waals surface area contributed by atoms with E-state index in [2.05, 4.69) is 5.32 Å². The first kappa shape index (κ1) is 19.0. The van der Waals surface area contributed by atoms with Crippen molar-refractivity contribution in [3.63, 3.8) is 0 Å². The van der Waals surface area contributed by atoms with E-state index < -0.39 is 7.14 Å². The summed E-state index contributed by atoms with van der Waals surface area (Å²) in [5.41, 5.74) is 1.82. The molecular weight excluding hydrogens is 353 g/mol. The SMILES string of the molecule is COc1ccc(N/C(C)=C(\C)P(=O)(c2ccccc2)c2ccccc2)cc1. The average molecular weight is 377 g/mol. The van der Waals surface area contributed by atoms with Gasteiger partial charge in [0.1, 0.15) is 5.75 Å². The van der Waals surface area contributed by atoms with Gasteiger partial charge in [-0.25, -0.2) is 0 Å². The summed E-state index contributed by atoms with van der Waals surface area (Å²) in [4.78, 5) is 0. The van der Waals surface area contributed by atoms with Gasteiger partial charge in [0, 0.05) is 27.3 Å². The summed E-state index contributed by atoms with van der Waals surface area (Å²) in [6.45, 7) is 3.92. The van der Waals surface area contributed by atoms with Crippen LogP contribution in [0.1, 0.15) is 13.8 Å². The van der Waals surface area contributed by atoms with Gasteiger partial charge in [-0.15, -0.1) is 0 Å². The van der Waals surface area contributed by atoms with Gasteiger partial charge in [-0.3, -0.25) is 0 Å². The summed E-state index contributed by atoms with van der Waals surface area (Å²) in [5, 5.41) is 5.91. The highest BCUT2D eigenvalue weighted by Crippen LogP contribution is 2.52. The zero-order valence-corrected chi connectivity index (χ0v) is 16.7. The molecule has 0 aromatic heterocycles. The maximum atomic E-state index is 14.3. The van der Waals surface area contributed by atoms with Crippen LogP contribution in [0.15, 0.2) is 95.9 Å². The van der Waals surface area contributed by atoms with Crippen molar-refractivity contribution < 1.29 is 9.30 Å². The molecule has 4 heteroatoms. The summed E-state index contributed by atoms with van der Waals surface area (Å²) in [7, 11) is -1.28. The lowest BCUT2D eigenvalue weighted by atomic mass is 10.3. The molecule has 138 valence electrons. The summed E-state index contributed by atoms with van der Waals surface area (Å²) in [5.74, 6) is 0.804. The van der Waals surface area contributed by atoms with E-state index in [0.29, 0.717) is 0 Å². The molecule has 0 fully saturated rings. The fourth-order valence-corrected chi connectivity index (χ4v) is 5.81. The molecule has 0 heterocycles. The Morgan fingerprint density at radius 3 is 1.70 bits per heavy atom. The number of methoxy groups -OCH3 is 1. The minimum atomic E-state index is -2.93. The third-order valence-electron chi connectivity index (χ3n) is 4.68. The molecule has 0 bridgehead atoms. The molecule has 3 nitrogen and oxygen atoms in total. The van der Waals surface area contributed by atoms with Gasteiger partial charge in [-0.1, -0.05) is 60.7 Å². The molecule has 0 amide bonds. The van der Waals surface area contributed by atoms with E-state index >= 15 is 0 Å². The van der Waals surface area contributed by atoms with Gasteiger partial charge in [-0.2, -0.15) is 0 Å². The molecule has 0 unspecified atom stereocenters. The van der Waals surface area contributed by atoms with Gasteiger partial charge in [0.15, 0.2) is 7.14 Å². The summed E-state index contributed by atoms with van der Waals surface area (Å²) in [6, 6.07) is 27.1. The summed E-state index contributed by atoms with van der Waals surface area (Å²) >= 11 is 0. The molecule has 1 N–H and O–H groups in total. The molecule has 0 saturated heterocycles. The van der Waals surface area contributed by atoms with Crippen molar-refractivity contribution in [1.29, 1.82) is 0 Å². The molecule has 0 spiro atoms. The van der Waals surface area contributed by atoms with E-state index in [9.17, 15) is 4.57 Å². The average Bonchev–Trinajstić information content (AvgIpc) is 2.74. The second kappa shape index (κ2) is 8.28. The van der Waals surface area contributed by atoms with Crippen molar-refractivity contribution in [2.24, 2.45) is 0 Å². The van der Waals surface area contributed by atoms with Crippen LogP contribution in [0.2, 0.25) is 0 Å². The minimum Gasteiger partial charge on any atom is -0.497 e. The second-order valence-electron chi connectivity index (χ2n) is 6.34. The quantitative estimate of drug-likeness (QED) is 0.587. The Morgan fingerprint density at radius 1 is 0.778 bits per heavy atom. The van der Waals surface area contributed by atoms with E-state index in [1.54, 1.807) is 7.11 Å². The largest absolute Gasteiger partial charge is 0.497 e. The fourth-order valence-electron chi connectivity index (χ4n) is 3.03. The van der Waals surface area contributed by atoms with Gasteiger partial charge in [0.05, 0.1) is 7.11 Å². The Labute approximate surface area is 161 Å². The van der Waals surface area contributed by atoms with Gasteiger partial charge < -0.3 is 14.6 Å². The number of hydrogen-bond acceptors (Lipinski definition) is 3. The second-order valence-corrected chi connectivity index (χ2v) is 9.27. The maximum Gasteiger partial charge on any atom is 0.168 e. The van der Waals surface area contributed by atoms with Gasteiger partial charge in [0.2, 0.25) is 0 Å².